The van der Waals surface area contributed by atoms with Crippen LogP contribution < -0.4 is 5.32 Å². The largest absolute Gasteiger partial charge is 0.344 e. The van der Waals surface area contributed by atoms with E-state index in [1.807, 2.05) is 26.0 Å². The minimum absolute atomic E-state index is 0.0154. The zero-order chi connectivity index (χ0) is 13.8. The Hall–Kier alpha value is -1.91. The highest BCUT2D eigenvalue weighted by atomic mass is 16.2. The fourth-order valence-corrected chi connectivity index (χ4v) is 2.19. The van der Waals surface area contributed by atoms with E-state index in [1.165, 1.54) is 0 Å². The highest BCUT2D eigenvalue weighted by Crippen LogP contribution is 2.12. The fourth-order valence-electron chi connectivity index (χ4n) is 2.19. The summed E-state index contributed by atoms with van der Waals surface area (Å²) in [5.41, 5.74) is 1.95. The quantitative estimate of drug-likeness (QED) is 0.883. The van der Waals surface area contributed by atoms with Crippen LogP contribution in [0.1, 0.15) is 31.0 Å². The molecule has 2 rings (SSSR count). The molecule has 19 heavy (non-hydrogen) atoms. The van der Waals surface area contributed by atoms with Crippen LogP contribution in [0.25, 0.3) is 0 Å². The Morgan fingerprint density at radius 3 is 2.95 bits per heavy atom. The van der Waals surface area contributed by atoms with Gasteiger partial charge in [-0.25, -0.2) is 0 Å². The Morgan fingerprint density at radius 2 is 2.26 bits per heavy atom. The summed E-state index contributed by atoms with van der Waals surface area (Å²) in [5, 5.41) is 2.76. The molecule has 0 aromatic carbocycles. The number of nitrogens with one attached hydrogen (secondary N) is 1. The van der Waals surface area contributed by atoms with Crippen LogP contribution in [0.4, 0.5) is 0 Å². The van der Waals surface area contributed by atoms with Crippen LogP contribution >= 0.6 is 0 Å². The van der Waals surface area contributed by atoms with Crippen LogP contribution in [-0.4, -0.2) is 34.3 Å². The van der Waals surface area contributed by atoms with Gasteiger partial charge in [-0.15, -0.1) is 0 Å². The zero-order valence-electron chi connectivity index (χ0n) is 11.3. The van der Waals surface area contributed by atoms with E-state index in [0.717, 1.165) is 11.3 Å². The molecule has 0 spiro atoms. The molecule has 0 saturated carbocycles. The summed E-state index contributed by atoms with van der Waals surface area (Å²) < 4.78 is 0. The number of aromatic nitrogens is 1. The lowest BCUT2D eigenvalue weighted by molar-refractivity contribution is -0.134. The molecular weight excluding hydrogens is 242 g/mol. The molecule has 1 aromatic heterocycles. The van der Waals surface area contributed by atoms with Crippen molar-refractivity contribution < 1.29 is 9.59 Å². The monoisotopic (exact) mass is 261 g/mol. The van der Waals surface area contributed by atoms with Gasteiger partial charge in [-0.3, -0.25) is 14.6 Å². The summed E-state index contributed by atoms with van der Waals surface area (Å²) in [6.45, 7) is 4.80. The average Bonchev–Trinajstić information content (AvgIpc) is 2.54. The fraction of sp³-hybridized carbons (Fsp3) is 0.500. The number of rotatable bonds is 3. The lowest BCUT2D eigenvalue weighted by Gasteiger charge is -2.23. The van der Waals surface area contributed by atoms with Crippen molar-refractivity contribution in [1.29, 1.82) is 0 Å². The van der Waals surface area contributed by atoms with Crippen molar-refractivity contribution in [2.75, 3.05) is 6.54 Å². The maximum Gasteiger partial charge on any atom is 0.245 e. The minimum Gasteiger partial charge on any atom is -0.344 e. The molecule has 102 valence electrons. The first-order valence-corrected chi connectivity index (χ1v) is 6.60. The second-order valence-electron chi connectivity index (χ2n) is 4.81. The molecule has 1 atom stereocenters. The van der Waals surface area contributed by atoms with Gasteiger partial charge < -0.3 is 10.2 Å². The highest BCUT2D eigenvalue weighted by Gasteiger charge is 2.28. The lowest BCUT2D eigenvalue weighted by Crippen LogP contribution is -2.44. The van der Waals surface area contributed by atoms with E-state index in [4.69, 9.17) is 0 Å². The topological polar surface area (TPSA) is 62.3 Å². The molecule has 2 heterocycles. The summed E-state index contributed by atoms with van der Waals surface area (Å²) in [4.78, 5) is 29.9. The van der Waals surface area contributed by atoms with Gasteiger partial charge >= 0.3 is 0 Å². The Balaban J connectivity index is 2.16. The van der Waals surface area contributed by atoms with Crippen LogP contribution in [-0.2, 0) is 16.1 Å². The summed E-state index contributed by atoms with van der Waals surface area (Å²) >= 11 is 0. The predicted octanol–water partition coefficient (Wildman–Crippen LogP) is 1.02. The Labute approximate surface area is 113 Å². The van der Waals surface area contributed by atoms with E-state index in [9.17, 15) is 9.59 Å². The number of nitrogens with zero attached hydrogens (tertiary/aromatic N) is 2. The van der Waals surface area contributed by atoms with E-state index in [0.29, 0.717) is 25.9 Å². The van der Waals surface area contributed by atoms with E-state index >= 15 is 0 Å². The molecule has 5 heteroatoms. The normalized spacial score (nSPS) is 20.1. The molecular formula is C14H19N3O2. The molecule has 5 nitrogen and oxygen atoms in total. The van der Waals surface area contributed by atoms with Gasteiger partial charge in [0.25, 0.3) is 0 Å². The van der Waals surface area contributed by atoms with Gasteiger partial charge in [-0.05, 0) is 25.0 Å². The van der Waals surface area contributed by atoms with Crippen molar-refractivity contribution in [3.8, 4) is 0 Å². The number of hydrogen-bond donors (Lipinski definition) is 1. The number of carbonyl (C=O) groups excluding carboxylic acids is 2. The summed E-state index contributed by atoms with van der Waals surface area (Å²) in [6.07, 6.45) is 2.70. The van der Waals surface area contributed by atoms with Crippen LogP contribution in [0.2, 0.25) is 0 Å². The van der Waals surface area contributed by atoms with Gasteiger partial charge in [0, 0.05) is 19.2 Å². The van der Waals surface area contributed by atoms with E-state index in [1.54, 1.807) is 11.1 Å². The minimum atomic E-state index is -0.404. The Morgan fingerprint density at radius 1 is 1.47 bits per heavy atom. The van der Waals surface area contributed by atoms with Gasteiger partial charge in [0.2, 0.25) is 11.8 Å². The van der Waals surface area contributed by atoms with Crippen molar-refractivity contribution in [1.82, 2.24) is 15.2 Å². The molecule has 1 aromatic rings. The summed E-state index contributed by atoms with van der Waals surface area (Å²) in [7, 11) is 0. The summed E-state index contributed by atoms with van der Waals surface area (Å²) in [6, 6.07) is 3.45. The predicted molar refractivity (Wildman–Crippen MR) is 71.2 cm³/mol. The van der Waals surface area contributed by atoms with Crippen LogP contribution in [0.3, 0.4) is 0 Å². The van der Waals surface area contributed by atoms with E-state index < -0.39 is 6.04 Å². The standard InChI is InChI=1S/C14H19N3O2/c1-3-11-14(19)17(8-6-13(18)16-11)9-12-10(2)5-4-7-15-12/h4-5,7,11H,3,6,8-9H2,1-2H3,(H,16,18). The van der Waals surface area contributed by atoms with Gasteiger partial charge in [0.05, 0.1) is 12.2 Å². The van der Waals surface area contributed by atoms with Crippen LogP contribution in [0.5, 0.6) is 0 Å². The van der Waals surface area contributed by atoms with E-state index in [-0.39, 0.29) is 11.8 Å². The van der Waals surface area contributed by atoms with Crippen molar-refractivity contribution in [3.63, 3.8) is 0 Å². The van der Waals surface area contributed by atoms with Crippen molar-refractivity contribution in [2.45, 2.75) is 39.3 Å². The third-order valence-electron chi connectivity index (χ3n) is 3.42. The molecule has 1 N–H and O–H groups in total. The first-order valence-electron chi connectivity index (χ1n) is 6.60. The number of hydrogen-bond acceptors (Lipinski definition) is 3. The van der Waals surface area contributed by atoms with Gasteiger partial charge in [-0.2, -0.15) is 0 Å². The first-order chi connectivity index (χ1) is 9.11. The zero-order valence-corrected chi connectivity index (χ0v) is 11.3. The van der Waals surface area contributed by atoms with Crippen LogP contribution in [0.15, 0.2) is 18.3 Å². The second-order valence-corrected chi connectivity index (χ2v) is 4.81. The average molecular weight is 261 g/mol. The molecule has 1 fully saturated rings. The Kier molecular flexibility index (Phi) is 4.14. The molecule has 1 unspecified atom stereocenters. The number of amides is 2. The SMILES string of the molecule is CCC1NC(=O)CCN(Cc2ncccc2C)C1=O. The smallest absolute Gasteiger partial charge is 0.245 e. The molecule has 0 aliphatic carbocycles. The number of pyridine rings is 1. The molecule has 1 saturated heterocycles. The van der Waals surface area contributed by atoms with Crippen LogP contribution in [0, 0.1) is 6.92 Å². The maximum atomic E-state index is 12.3. The number of aryl methyl sites for hydroxylation is 1. The van der Waals surface area contributed by atoms with Crippen molar-refractivity contribution in [3.05, 3.63) is 29.6 Å². The van der Waals surface area contributed by atoms with E-state index in [2.05, 4.69) is 10.3 Å². The maximum absolute atomic E-state index is 12.3. The first kappa shape index (κ1) is 13.5. The third kappa shape index (κ3) is 3.10. The highest BCUT2D eigenvalue weighted by molar-refractivity contribution is 5.89. The lowest BCUT2D eigenvalue weighted by atomic mass is 10.1. The molecule has 1 aliphatic heterocycles. The Bertz CT molecular complexity index is 487. The molecule has 0 radical (unpaired) electrons. The van der Waals surface area contributed by atoms with Crippen molar-refractivity contribution >= 4 is 11.8 Å². The van der Waals surface area contributed by atoms with Gasteiger partial charge in [0.15, 0.2) is 0 Å². The van der Waals surface area contributed by atoms with Gasteiger partial charge in [-0.1, -0.05) is 13.0 Å². The van der Waals surface area contributed by atoms with Crippen molar-refractivity contribution in [2.24, 2.45) is 0 Å². The third-order valence-corrected chi connectivity index (χ3v) is 3.42. The second kappa shape index (κ2) is 5.82. The molecule has 2 amide bonds. The summed E-state index contributed by atoms with van der Waals surface area (Å²) in [5.74, 6) is -0.0705. The molecule has 0 bridgehead atoms. The number of carbonyl (C=O) groups is 2. The molecule has 1 aliphatic rings. The van der Waals surface area contributed by atoms with Gasteiger partial charge in [0.1, 0.15) is 6.04 Å².